The highest BCUT2D eigenvalue weighted by Crippen LogP contribution is 2.20. The Morgan fingerprint density at radius 2 is 1.16 bits per heavy atom. The summed E-state index contributed by atoms with van der Waals surface area (Å²) < 4.78 is 0. The average molecular weight is 956 g/mol. The van der Waals surface area contributed by atoms with E-state index in [1.807, 2.05) is 84.9 Å². The second-order valence-electron chi connectivity index (χ2n) is 17.4. The second kappa shape index (κ2) is 24.9. The molecular formula is C51H61N11O8. The van der Waals surface area contributed by atoms with Crippen molar-refractivity contribution in [2.24, 2.45) is 11.5 Å². The maximum Gasteiger partial charge on any atom is 0.325 e. The predicted molar refractivity (Wildman–Crippen MR) is 264 cm³/mol. The number of aromatic amines is 2. The Morgan fingerprint density at radius 1 is 0.586 bits per heavy atom. The van der Waals surface area contributed by atoms with Crippen LogP contribution in [-0.2, 0) is 59.2 Å². The van der Waals surface area contributed by atoms with Gasteiger partial charge in [0, 0.05) is 54.7 Å². The van der Waals surface area contributed by atoms with Crippen LogP contribution >= 0.6 is 0 Å². The summed E-state index contributed by atoms with van der Waals surface area (Å²) in [5.74, 6) is -5.54. The van der Waals surface area contributed by atoms with E-state index in [-0.39, 0.29) is 25.7 Å². The van der Waals surface area contributed by atoms with E-state index < -0.39 is 83.7 Å². The first-order valence-corrected chi connectivity index (χ1v) is 23.2. The Balaban J connectivity index is 1.24. The number of fused-ring (bicyclic) bond motifs is 2. The van der Waals surface area contributed by atoms with Crippen LogP contribution in [0, 0.1) is 0 Å². The zero-order chi connectivity index (χ0) is 50.2. The number of unbranched alkanes of at least 4 members (excludes halogenated alkanes) is 1. The number of carboxylic acid groups (broad SMARTS) is 1. The Bertz CT molecular complexity index is 2750. The van der Waals surface area contributed by atoms with E-state index in [4.69, 9.17) is 11.5 Å². The number of carbonyl (C=O) groups is 7. The highest BCUT2D eigenvalue weighted by molar-refractivity contribution is 5.98. The number of amides is 6. The van der Waals surface area contributed by atoms with Gasteiger partial charge in [-0.2, -0.15) is 0 Å². The van der Waals surface area contributed by atoms with Crippen molar-refractivity contribution in [1.82, 2.24) is 46.9 Å². The molecule has 0 spiro atoms. The molecule has 19 heteroatoms. The molecule has 13 N–H and O–H groups in total. The van der Waals surface area contributed by atoms with Crippen molar-refractivity contribution in [2.45, 2.75) is 101 Å². The Labute approximate surface area is 404 Å². The number of carboxylic acids is 1. The lowest BCUT2D eigenvalue weighted by Crippen LogP contribution is -2.60. The van der Waals surface area contributed by atoms with Crippen LogP contribution < -0.4 is 43.4 Å². The first-order chi connectivity index (χ1) is 33.7. The quantitative estimate of drug-likeness (QED) is 0.0368. The van der Waals surface area contributed by atoms with Gasteiger partial charge >= 0.3 is 5.97 Å². The summed E-state index contributed by atoms with van der Waals surface area (Å²) in [6.45, 7) is 3.16. The van der Waals surface area contributed by atoms with Gasteiger partial charge in [-0.25, -0.2) is 4.98 Å². The number of carbonyl (C=O) groups excluding carboxylic acids is 6. The fourth-order valence-corrected chi connectivity index (χ4v) is 7.94. The number of rotatable bonds is 25. The number of hydrogen-bond donors (Lipinski definition) is 11. The first-order valence-electron chi connectivity index (χ1n) is 23.2. The molecule has 0 radical (unpaired) electrons. The van der Waals surface area contributed by atoms with E-state index in [2.05, 4.69) is 46.9 Å². The lowest BCUT2D eigenvalue weighted by atomic mass is 10.00. The highest BCUT2D eigenvalue weighted by atomic mass is 16.4. The zero-order valence-electron chi connectivity index (χ0n) is 39.1. The number of benzene rings is 4. The first kappa shape index (κ1) is 51.5. The fourth-order valence-electron chi connectivity index (χ4n) is 7.94. The number of nitrogens with two attached hydrogens (primary N) is 2. The minimum Gasteiger partial charge on any atom is -0.480 e. The number of aromatic nitrogens is 3. The van der Waals surface area contributed by atoms with Crippen molar-refractivity contribution in [3.05, 3.63) is 138 Å². The van der Waals surface area contributed by atoms with E-state index >= 15 is 0 Å². The topological polar surface area (TPSA) is 308 Å². The largest absolute Gasteiger partial charge is 0.480 e. The maximum absolute atomic E-state index is 14.4. The minimum atomic E-state index is -1.31. The predicted octanol–water partition coefficient (Wildman–Crippen LogP) is 1.80. The molecule has 2 aromatic heterocycles. The van der Waals surface area contributed by atoms with Gasteiger partial charge in [0.2, 0.25) is 35.4 Å². The number of para-hydroxylation sites is 1. The Kier molecular flexibility index (Phi) is 18.3. The molecule has 0 bridgehead atoms. The van der Waals surface area contributed by atoms with E-state index in [0.717, 1.165) is 27.2 Å². The van der Waals surface area contributed by atoms with Gasteiger partial charge in [0.1, 0.15) is 36.3 Å². The van der Waals surface area contributed by atoms with Crippen molar-refractivity contribution in [2.75, 3.05) is 6.54 Å². The van der Waals surface area contributed by atoms with E-state index in [0.29, 0.717) is 42.6 Å². The standard InChI is InChI=1S/C51H61N11O8/c1-30(45(63)59-42(24-33-19-20-34-14-6-7-15-35(34)22-33)50(68)62-44(26-37-28-54-29-56-37)48(66)58-31(2)51(69)70)57-47(65)43(25-36-27-55-40-18-9-8-16-38(36)40)61-49(67)41(23-32-12-4-3-5-13-32)60-46(64)39(53)17-10-11-21-52/h3-9,12-16,18-20,22,27-31,39,41-44,55H,10-11,17,21,23-26,52-53H2,1-2H3,(H,54,56)(H,57,65)(H,58,66)(H,59,63)(H,60,64)(H,61,67)(H,62,68)(H,69,70)/t30-,31-,39-,41+,42+,43-,44-/m1/s1. The monoisotopic (exact) mass is 955 g/mol. The highest BCUT2D eigenvalue weighted by Gasteiger charge is 2.33. The van der Waals surface area contributed by atoms with E-state index in [1.54, 1.807) is 18.3 Å². The van der Waals surface area contributed by atoms with Gasteiger partial charge in [-0.1, -0.05) is 97.4 Å². The lowest BCUT2D eigenvalue weighted by Gasteiger charge is -2.27. The van der Waals surface area contributed by atoms with Gasteiger partial charge < -0.3 is 58.4 Å². The second-order valence-corrected chi connectivity index (χ2v) is 17.4. The van der Waals surface area contributed by atoms with Crippen molar-refractivity contribution in [3.8, 4) is 0 Å². The van der Waals surface area contributed by atoms with Crippen molar-refractivity contribution in [1.29, 1.82) is 0 Å². The van der Waals surface area contributed by atoms with Crippen molar-refractivity contribution >= 4 is 63.1 Å². The fraction of sp³-hybridized carbons (Fsp3) is 0.333. The molecular weight excluding hydrogens is 895 g/mol. The van der Waals surface area contributed by atoms with Crippen LogP contribution in [-0.4, -0.2) is 110 Å². The van der Waals surface area contributed by atoms with Crippen LogP contribution in [0.25, 0.3) is 21.7 Å². The molecule has 6 amide bonds. The summed E-state index contributed by atoms with van der Waals surface area (Å²) in [5.41, 5.74) is 15.2. The van der Waals surface area contributed by atoms with Gasteiger partial charge in [0.25, 0.3) is 0 Å². The molecule has 4 aromatic carbocycles. The number of nitrogens with zero attached hydrogens (tertiary/aromatic N) is 1. The molecule has 7 atom stereocenters. The number of H-pyrrole nitrogens is 2. The SMILES string of the molecule is C[C@@H](NC(=O)[C@@H](Cc1cnc[nH]1)NC(=O)[C@H](Cc1ccc2ccccc2c1)NC(=O)[C@@H](C)NC(=O)[C@@H](Cc1c[nH]c2ccccc12)NC(=O)[C@H](Cc1ccccc1)NC(=O)[C@H](N)CCCCN)C(=O)O. The van der Waals surface area contributed by atoms with Gasteiger partial charge in [0.15, 0.2) is 0 Å². The summed E-state index contributed by atoms with van der Waals surface area (Å²) >= 11 is 0. The molecule has 0 aliphatic carbocycles. The molecule has 0 fully saturated rings. The molecule has 6 aromatic rings. The third-order valence-corrected chi connectivity index (χ3v) is 11.9. The molecule has 0 aliphatic rings. The van der Waals surface area contributed by atoms with E-state index in [9.17, 15) is 38.7 Å². The minimum absolute atomic E-state index is 0.0200. The molecule has 0 saturated carbocycles. The van der Waals surface area contributed by atoms with Gasteiger partial charge in [-0.05, 0) is 66.8 Å². The van der Waals surface area contributed by atoms with Gasteiger partial charge in [-0.15, -0.1) is 0 Å². The molecule has 368 valence electrons. The van der Waals surface area contributed by atoms with Crippen molar-refractivity contribution < 1.29 is 38.7 Å². The molecule has 0 saturated heterocycles. The number of aliphatic carboxylic acids is 1. The van der Waals surface area contributed by atoms with Crippen LogP contribution in [0.4, 0.5) is 0 Å². The number of nitrogens with one attached hydrogen (secondary N) is 8. The molecule has 2 heterocycles. The van der Waals surface area contributed by atoms with Crippen LogP contribution in [0.15, 0.2) is 116 Å². The Morgan fingerprint density at radius 3 is 1.83 bits per heavy atom. The summed E-state index contributed by atoms with van der Waals surface area (Å²) in [7, 11) is 0. The van der Waals surface area contributed by atoms with Gasteiger partial charge in [0.05, 0.1) is 12.4 Å². The number of imidazole rings is 1. The Hall–Kier alpha value is -7.90. The molecule has 0 unspecified atom stereocenters. The summed E-state index contributed by atoms with van der Waals surface area (Å²) in [4.78, 5) is 106. The third-order valence-electron chi connectivity index (χ3n) is 11.9. The van der Waals surface area contributed by atoms with E-state index in [1.165, 1.54) is 26.4 Å². The maximum atomic E-state index is 14.4. The molecule has 0 aliphatic heterocycles. The third kappa shape index (κ3) is 14.6. The molecule has 70 heavy (non-hydrogen) atoms. The summed E-state index contributed by atoms with van der Waals surface area (Å²) in [5, 5.41) is 28.3. The molecule has 19 nitrogen and oxygen atoms in total. The lowest BCUT2D eigenvalue weighted by molar-refractivity contribution is -0.141. The molecule has 6 rings (SSSR count). The van der Waals surface area contributed by atoms with Crippen LogP contribution in [0.3, 0.4) is 0 Å². The van der Waals surface area contributed by atoms with Crippen LogP contribution in [0.1, 0.15) is 55.5 Å². The van der Waals surface area contributed by atoms with Gasteiger partial charge in [-0.3, -0.25) is 33.6 Å². The van der Waals surface area contributed by atoms with Crippen LogP contribution in [0.5, 0.6) is 0 Å². The summed E-state index contributed by atoms with van der Waals surface area (Å²) in [6.07, 6.45) is 6.16. The summed E-state index contributed by atoms with van der Waals surface area (Å²) in [6, 6.07) is 21.2. The number of hydrogen-bond acceptors (Lipinski definition) is 10. The van der Waals surface area contributed by atoms with Crippen molar-refractivity contribution in [3.63, 3.8) is 0 Å². The average Bonchev–Trinajstić information content (AvgIpc) is 4.03. The normalized spacial score (nSPS) is 14.2. The zero-order valence-corrected chi connectivity index (χ0v) is 39.1. The smallest absolute Gasteiger partial charge is 0.325 e. The van der Waals surface area contributed by atoms with Crippen LogP contribution in [0.2, 0.25) is 0 Å².